The van der Waals surface area contributed by atoms with Gasteiger partial charge in [-0.15, -0.1) is 0 Å². The quantitative estimate of drug-likeness (QED) is 0.400. The van der Waals surface area contributed by atoms with Crippen molar-refractivity contribution in [2.45, 2.75) is 78.7 Å². The van der Waals surface area contributed by atoms with Crippen molar-refractivity contribution in [2.75, 3.05) is 0 Å². The molecule has 0 radical (unpaired) electrons. The number of unbranched alkanes of at least 4 members (excludes halogenated alkanes) is 4. The predicted molar refractivity (Wildman–Crippen MR) is 88.8 cm³/mol. The average molecular weight is 276 g/mol. The van der Waals surface area contributed by atoms with Crippen LogP contribution in [0.5, 0.6) is 0 Å². The highest BCUT2D eigenvalue weighted by Gasteiger charge is 2.11. The molecule has 0 fully saturated rings. The maximum Gasteiger partial charge on any atom is 0.0251 e. The molecule has 20 heavy (non-hydrogen) atoms. The lowest BCUT2D eigenvalue weighted by atomic mass is 9.92. The van der Waals surface area contributed by atoms with Crippen LogP contribution in [0.15, 0.2) is 12.1 Å². The minimum absolute atomic E-state index is 0.400. The van der Waals surface area contributed by atoms with Crippen LogP contribution in [0.4, 0.5) is 0 Å². The van der Waals surface area contributed by atoms with Crippen LogP contribution in [-0.2, 0) is 6.42 Å². The molecular formula is C18H32N2. The zero-order chi connectivity index (χ0) is 15.0. The predicted octanol–water partition coefficient (Wildman–Crippen LogP) is 4.35. The summed E-state index contributed by atoms with van der Waals surface area (Å²) in [6, 6.07) is 4.95. The van der Waals surface area contributed by atoms with Crippen molar-refractivity contribution < 1.29 is 0 Å². The molecule has 0 aliphatic carbocycles. The summed E-state index contributed by atoms with van der Waals surface area (Å²) in [6.07, 6.45) is 8.85. The Hall–Kier alpha value is -0.860. The number of aryl methyl sites for hydroxylation is 3. The van der Waals surface area contributed by atoms with E-state index < -0.39 is 0 Å². The molecule has 2 nitrogen and oxygen atoms in total. The van der Waals surface area contributed by atoms with Crippen molar-refractivity contribution in [2.24, 2.45) is 5.84 Å². The van der Waals surface area contributed by atoms with E-state index in [1.165, 1.54) is 60.8 Å². The Bertz CT molecular complexity index is 375. The van der Waals surface area contributed by atoms with Gasteiger partial charge in [0, 0.05) is 6.04 Å². The first-order valence-corrected chi connectivity index (χ1v) is 8.11. The summed E-state index contributed by atoms with van der Waals surface area (Å²) in [5.41, 5.74) is 8.62. The highest BCUT2D eigenvalue weighted by Crippen LogP contribution is 2.19. The van der Waals surface area contributed by atoms with Gasteiger partial charge in [-0.2, -0.15) is 0 Å². The molecule has 2 heteroatoms. The lowest BCUT2D eigenvalue weighted by Gasteiger charge is -2.19. The van der Waals surface area contributed by atoms with E-state index in [0.717, 1.165) is 6.42 Å². The molecule has 0 amide bonds. The lowest BCUT2D eigenvalue weighted by molar-refractivity contribution is 0.459. The normalized spacial score (nSPS) is 12.7. The summed E-state index contributed by atoms with van der Waals surface area (Å²) in [5, 5.41) is 0. The summed E-state index contributed by atoms with van der Waals surface area (Å²) < 4.78 is 0. The van der Waals surface area contributed by atoms with Crippen molar-refractivity contribution >= 4 is 0 Å². The van der Waals surface area contributed by atoms with Crippen molar-refractivity contribution in [1.29, 1.82) is 0 Å². The van der Waals surface area contributed by atoms with Crippen LogP contribution in [0.3, 0.4) is 0 Å². The average Bonchev–Trinajstić information content (AvgIpc) is 2.40. The van der Waals surface area contributed by atoms with E-state index >= 15 is 0 Å². The third-order valence-corrected chi connectivity index (χ3v) is 4.18. The number of hydrazine groups is 1. The minimum atomic E-state index is 0.400. The van der Waals surface area contributed by atoms with Crippen LogP contribution in [-0.4, -0.2) is 6.04 Å². The first-order chi connectivity index (χ1) is 9.58. The van der Waals surface area contributed by atoms with Gasteiger partial charge in [-0.1, -0.05) is 56.7 Å². The fourth-order valence-corrected chi connectivity index (χ4v) is 3.02. The van der Waals surface area contributed by atoms with Crippen LogP contribution in [0.2, 0.25) is 0 Å². The smallest absolute Gasteiger partial charge is 0.0251 e. The highest BCUT2D eigenvalue weighted by molar-refractivity contribution is 5.38. The summed E-state index contributed by atoms with van der Waals surface area (Å²) in [5.74, 6) is 5.74. The van der Waals surface area contributed by atoms with Crippen LogP contribution in [0, 0.1) is 20.8 Å². The number of hydrogen-bond acceptors (Lipinski definition) is 2. The molecule has 1 rings (SSSR count). The van der Waals surface area contributed by atoms with Gasteiger partial charge >= 0.3 is 0 Å². The van der Waals surface area contributed by atoms with Crippen LogP contribution < -0.4 is 11.3 Å². The molecule has 0 bridgehead atoms. The van der Waals surface area contributed by atoms with Crippen molar-refractivity contribution in [3.8, 4) is 0 Å². The number of nitrogens with one attached hydrogen (secondary N) is 1. The maximum atomic E-state index is 5.74. The first-order valence-electron chi connectivity index (χ1n) is 8.11. The second-order valence-electron chi connectivity index (χ2n) is 6.15. The first kappa shape index (κ1) is 17.2. The molecule has 0 aliphatic rings. The van der Waals surface area contributed by atoms with Gasteiger partial charge in [-0.05, 0) is 50.3 Å². The van der Waals surface area contributed by atoms with E-state index in [1.54, 1.807) is 0 Å². The Morgan fingerprint density at radius 3 is 2.15 bits per heavy atom. The molecule has 1 unspecified atom stereocenters. The Labute approximate surface area is 125 Å². The van der Waals surface area contributed by atoms with E-state index in [4.69, 9.17) is 5.84 Å². The highest BCUT2D eigenvalue weighted by atomic mass is 15.2. The van der Waals surface area contributed by atoms with Gasteiger partial charge < -0.3 is 0 Å². The molecule has 0 spiro atoms. The summed E-state index contributed by atoms with van der Waals surface area (Å²) in [6.45, 7) is 8.84. The number of hydrogen-bond donors (Lipinski definition) is 2. The molecular weight excluding hydrogens is 244 g/mol. The summed E-state index contributed by atoms with van der Waals surface area (Å²) in [7, 11) is 0. The van der Waals surface area contributed by atoms with Crippen LogP contribution in [0.1, 0.15) is 67.7 Å². The number of nitrogens with two attached hydrogens (primary N) is 1. The van der Waals surface area contributed by atoms with Gasteiger partial charge in [-0.25, -0.2) is 0 Å². The summed E-state index contributed by atoms with van der Waals surface area (Å²) >= 11 is 0. The zero-order valence-electron chi connectivity index (χ0n) is 13.8. The number of benzene rings is 1. The molecule has 0 heterocycles. The fourth-order valence-electron chi connectivity index (χ4n) is 3.02. The zero-order valence-corrected chi connectivity index (χ0v) is 13.8. The van der Waals surface area contributed by atoms with Gasteiger partial charge in [0.25, 0.3) is 0 Å². The Morgan fingerprint density at radius 2 is 1.60 bits per heavy atom. The van der Waals surface area contributed by atoms with Crippen LogP contribution in [0.25, 0.3) is 0 Å². The van der Waals surface area contributed by atoms with E-state index in [1.807, 2.05) is 0 Å². The van der Waals surface area contributed by atoms with Crippen molar-refractivity contribution in [3.05, 3.63) is 34.4 Å². The second-order valence-corrected chi connectivity index (χ2v) is 6.15. The SMILES string of the molecule is CCCCCCCC(Cc1c(C)cc(C)cc1C)NN. The van der Waals surface area contributed by atoms with E-state index in [0.29, 0.717) is 6.04 Å². The van der Waals surface area contributed by atoms with Gasteiger partial charge in [0.05, 0.1) is 0 Å². The Morgan fingerprint density at radius 1 is 1.00 bits per heavy atom. The Balaban J connectivity index is 2.52. The summed E-state index contributed by atoms with van der Waals surface area (Å²) in [4.78, 5) is 0. The van der Waals surface area contributed by atoms with Gasteiger partial charge in [-0.3, -0.25) is 11.3 Å². The molecule has 1 aromatic carbocycles. The van der Waals surface area contributed by atoms with Gasteiger partial charge in [0.15, 0.2) is 0 Å². The molecule has 0 saturated heterocycles. The molecule has 0 aliphatic heterocycles. The third-order valence-electron chi connectivity index (χ3n) is 4.18. The van der Waals surface area contributed by atoms with Crippen LogP contribution >= 0.6 is 0 Å². The molecule has 3 N–H and O–H groups in total. The molecule has 1 atom stereocenters. The topological polar surface area (TPSA) is 38.0 Å². The molecule has 0 saturated carbocycles. The minimum Gasteiger partial charge on any atom is -0.271 e. The van der Waals surface area contributed by atoms with E-state index in [-0.39, 0.29) is 0 Å². The third kappa shape index (κ3) is 5.64. The van der Waals surface area contributed by atoms with Gasteiger partial charge in [0.1, 0.15) is 0 Å². The van der Waals surface area contributed by atoms with Crippen molar-refractivity contribution in [1.82, 2.24) is 5.43 Å². The number of rotatable bonds is 9. The molecule has 0 aromatic heterocycles. The monoisotopic (exact) mass is 276 g/mol. The largest absolute Gasteiger partial charge is 0.271 e. The fraction of sp³-hybridized carbons (Fsp3) is 0.667. The second kappa shape index (κ2) is 9.15. The van der Waals surface area contributed by atoms with E-state index in [2.05, 4.69) is 45.3 Å². The maximum absolute atomic E-state index is 5.74. The lowest BCUT2D eigenvalue weighted by Crippen LogP contribution is -2.37. The standard InChI is InChI=1S/C18H32N2/c1-5-6-7-8-9-10-17(20-19)13-18-15(3)11-14(2)12-16(18)4/h11-12,17,20H,5-10,13,19H2,1-4H3. The molecule has 114 valence electrons. The molecule has 1 aromatic rings. The van der Waals surface area contributed by atoms with Gasteiger partial charge in [0.2, 0.25) is 0 Å². The van der Waals surface area contributed by atoms with E-state index in [9.17, 15) is 0 Å². The van der Waals surface area contributed by atoms with Crippen molar-refractivity contribution in [3.63, 3.8) is 0 Å². The Kier molecular flexibility index (Phi) is 7.86.